The fourth-order valence-corrected chi connectivity index (χ4v) is 10.6. The van der Waals surface area contributed by atoms with Crippen molar-refractivity contribution in [2.24, 2.45) is 0 Å². The highest BCUT2D eigenvalue weighted by molar-refractivity contribution is 6.24. The van der Waals surface area contributed by atoms with Crippen LogP contribution in [0.4, 0.5) is 123 Å². The minimum Gasteiger partial charge on any atom is -0.907 e. The van der Waals surface area contributed by atoms with Crippen LogP contribution < -0.4 is 35.5 Å². The van der Waals surface area contributed by atoms with Gasteiger partial charge in [-0.25, -0.2) is 0 Å². The third kappa shape index (κ3) is 45.9. The molecule has 0 saturated carbocycles. The summed E-state index contributed by atoms with van der Waals surface area (Å²) in [7, 11) is -2.92. The Hall–Kier alpha value is -4.42. The summed E-state index contributed by atoms with van der Waals surface area (Å²) >= 11 is 0. The van der Waals surface area contributed by atoms with E-state index in [1.807, 2.05) is 0 Å². The number of rotatable bonds is 36. The number of carboxylic acids is 4. The molecule has 0 rings (SSSR count). The Kier molecular flexibility index (Phi) is 73.0. The van der Waals surface area contributed by atoms with E-state index in [1.165, 1.54) is 215 Å². The summed E-state index contributed by atoms with van der Waals surface area (Å²) in [6.07, 6.45) is -26.6. The van der Waals surface area contributed by atoms with Gasteiger partial charge in [0.2, 0.25) is 0 Å². The largest absolute Gasteiger partial charge is 0.907 e. The number of hydrogen-bond acceptors (Lipinski definition) is 11. The smallest absolute Gasteiger partial charge is 0.460 e. The standard InChI is InChI=1S/7C8H20N.4C4HF7O2.BO3/c7*1-5-9(6-2,7-3)8-4;4*5-2(6,1(12)13)3(7,8)4(9,10)11;2-1(3)4/h7*5-8H2,1-4H3;4*(H,12,13);/q7*+1;;;;;-3/p-4. The molecule has 0 unspecified atom stereocenters. The van der Waals surface area contributed by atoms with E-state index in [0.717, 1.165) is 0 Å². The fourth-order valence-electron chi connectivity index (χ4n) is 10.6. The van der Waals surface area contributed by atoms with Crippen molar-refractivity contribution >= 4 is 31.2 Å². The molecular weight excluding hydrogens is 1680 g/mol. The average molecular weight is 1820 g/mol. The molecule has 0 spiro atoms. The Morgan fingerprint density at radius 3 is 0.235 bits per heavy atom. The molecule has 0 aliphatic heterocycles. The first kappa shape index (κ1) is 140. The minimum atomic E-state index is -6.64. The number of quaternary nitrogens is 7. The van der Waals surface area contributed by atoms with Gasteiger partial charge in [-0.3, -0.25) is 7.32 Å². The van der Waals surface area contributed by atoms with Gasteiger partial charge in [0.05, 0.1) is 183 Å². The molecular formula is C72H140BF28N7O11. The third-order valence-electron chi connectivity index (χ3n) is 22.8. The zero-order valence-corrected chi connectivity index (χ0v) is 74.6. The number of carboxylic acid groups (broad SMARTS) is 4. The molecule has 0 aromatic rings. The highest BCUT2D eigenvalue weighted by Crippen LogP contribution is 2.49. The molecule has 0 aliphatic carbocycles. The minimum absolute atomic E-state index is 1.28. The summed E-state index contributed by atoms with van der Waals surface area (Å²) in [5.74, 6) is -66.8. The van der Waals surface area contributed by atoms with Crippen molar-refractivity contribution in [3.63, 3.8) is 0 Å². The lowest BCUT2D eigenvalue weighted by molar-refractivity contribution is -0.921. The lowest BCUT2D eigenvalue weighted by atomic mass is 10.1. The van der Waals surface area contributed by atoms with E-state index in [-0.39, 0.29) is 0 Å². The monoisotopic (exact) mass is 1820 g/mol. The van der Waals surface area contributed by atoms with Gasteiger partial charge < -0.3 is 86.1 Å². The first-order chi connectivity index (χ1) is 53.2. The van der Waals surface area contributed by atoms with Crippen LogP contribution in [-0.4, -0.2) is 318 Å². The molecule has 0 amide bonds. The van der Waals surface area contributed by atoms with Crippen LogP contribution in [-0.2, 0) is 19.2 Å². The molecule has 728 valence electrons. The number of hydrogen-bond donors (Lipinski definition) is 0. The number of halogens is 28. The summed E-state index contributed by atoms with van der Waals surface area (Å²) < 4.78 is 330. The molecule has 0 fully saturated rings. The molecule has 0 aromatic heterocycles. The van der Waals surface area contributed by atoms with Gasteiger partial charge in [-0.2, -0.15) is 123 Å². The summed E-state index contributed by atoms with van der Waals surface area (Å²) in [4.78, 5) is 37.1. The zero-order chi connectivity index (χ0) is 99.2. The predicted octanol–water partition coefficient (Wildman–Crippen LogP) is 11.5. The molecule has 0 bridgehead atoms. The van der Waals surface area contributed by atoms with Gasteiger partial charge in [0.15, 0.2) is 0 Å². The molecule has 0 atom stereocenters. The highest BCUT2D eigenvalue weighted by atomic mass is 19.5. The molecule has 18 nitrogen and oxygen atoms in total. The van der Waals surface area contributed by atoms with Gasteiger partial charge in [0, 0.05) is 0 Å². The SMILES string of the molecule is CC[N+](CC)(CC)CC.CC[N+](CC)(CC)CC.CC[N+](CC)(CC)CC.CC[N+](CC)(CC)CC.CC[N+](CC)(CC)CC.CC[N+](CC)(CC)CC.CC[N+](CC)(CC)CC.O=C([O-])C(F)(F)C(F)(F)C(F)(F)F.O=C([O-])C(F)(F)C(F)(F)C(F)(F)F.O=C([O-])C(F)(F)C(F)(F)C(F)(F)F.O=C([O-])C(F)(F)C(F)(F)C(F)(F)F.[O-]B([O-])[O-]. The Morgan fingerprint density at radius 2 is 0.227 bits per heavy atom. The molecule has 0 heterocycles. The van der Waals surface area contributed by atoms with E-state index in [2.05, 4.69) is 194 Å². The molecule has 0 radical (unpaired) electrons. The second kappa shape index (κ2) is 61.8. The van der Waals surface area contributed by atoms with Gasteiger partial charge in [-0.1, -0.05) is 0 Å². The number of alkyl halides is 28. The topological polar surface area (TPSA) is 230 Å². The molecule has 0 saturated heterocycles. The number of aliphatic carboxylic acids is 4. The first-order valence-corrected chi connectivity index (χ1v) is 39.3. The third-order valence-corrected chi connectivity index (χ3v) is 22.8. The van der Waals surface area contributed by atoms with Crippen molar-refractivity contribution in [2.45, 2.75) is 266 Å². The molecule has 119 heavy (non-hydrogen) atoms. The maximum absolute atomic E-state index is 11.7. The van der Waals surface area contributed by atoms with Crippen molar-refractivity contribution in [2.75, 3.05) is 183 Å². The lowest BCUT2D eigenvalue weighted by Crippen LogP contribution is -2.60. The Balaban J connectivity index is -0.000000106. The van der Waals surface area contributed by atoms with Crippen LogP contribution in [0.15, 0.2) is 0 Å². The van der Waals surface area contributed by atoms with Crippen molar-refractivity contribution in [3.8, 4) is 0 Å². The number of carbonyl (C=O) groups excluding carboxylic acids is 4. The highest BCUT2D eigenvalue weighted by Gasteiger charge is 2.76. The molecule has 47 heteroatoms. The van der Waals surface area contributed by atoms with Crippen LogP contribution >= 0.6 is 0 Å². The van der Waals surface area contributed by atoms with Crippen LogP contribution in [0, 0.1) is 0 Å². The summed E-state index contributed by atoms with van der Waals surface area (Å²) in [5, 5.41) is 62.3. The Morgan fingerprint density at radius 1 is 0.176 bits per heavy atom. The van der Waals surface area contributed by atoms with Gasteiger partial charge in [-0.15, -0.1) is 0 Å². The maximum Gasteiger partial charge on any atom is 0.460 e. The van der Waals surface area contributed by atoms with Crippen molar-refractivity contribution < 1.29 is 209 Å². The summed E-state index contributed by atoms with van der Waals surface area (Å²) in [6, 6.07) is 0. The normalized spacial score (nSPS) is 12.9. The lowest BCUT2D eigenvalue weighted by Gasteiger charge is -2.35. The first-order valence-electron chi connectivity index (χ1n) is 39.3. The Bertz CT molecular complexity index is 2040. The van der Waals surface area contributed by atoms with Gasteiger partial charge >= 0.3 is 72.1 Å². The quantitative estimate of drug-likeness (QED) is 0.0325. The van der Waals surface area contributed by atoms with E-state index in [1.54, 1.807) is 0 Å². The molecule has 0 aliphatic rings. The number of carbonyl (C=O) groups is 4. The molecule has 0 N–H and O–H groups in total. The maximum atomic E-state index is 11.7. The fraction of sp³-hybridized carbons (Fsp3) is 0.944. The van der Waals surface area contributed by atoms with Gasteiger partial charge in [-0.05, 0) is 194 Å². The van der Waals surface area contributed by atoms with E-state index >= 15 is 0 Å². The van der Waals surface area contributed by atoms with E-state index < -0.39 is 103 Å². The zero-order valence-electron chi connectivity index (χ0n) is 74.6. The summed E-state index contributed by atoms with van der Waals surface area (Å²) in [5.41, 5.74) is 0. The second-order valence-electron chi connectivity index (χ2n) is 26.3. The van der Waals surface area contributed by atoms with Crippen LogP contribution in [0.5, 0.6) is 0 Å². The number of nitrogens with zero attached hydrogens (tertiary/aromatic N) is 7. The van der Waals surface area contributed by atoms with E-state index in [0.29, 0.717) is 0 Å². The average Bonchev–Trinajstić information content (AvgIpc) is 0.787. The van der Waals surface area contributed by atoms with Crippen LogP contribution in [0.1, 0.15) is 194 Å². The van der Waals surface area contributed by atoms with Crippen molar-refractivity contribution in [1.82, 2.24) is 0 Å². The second-order valence-corrected chi connectivity index (χ2v) is 26.3. The van der Waals surface area contributed by atoms with E-state index in [4.69, 9.17) is 15.1 Å². The van der Waals surface area contributed by atoms with Crippen LogP contribution in [0.2, 0.25) is 0 Å². The molecule has 0 aromatic carbocycles. The summed E-state index contributed by atoms with van der Waals surface area (Å²) in [6.45, 7) is 99.6. The Labute approximate surface area is 687 Å². The predicted molar refractivity (Wildman–Crippen MR) is 387 cm³/mol. The van der Waals surface area contributed by atoms with Crippen molar-refractivity contribution in [1.29, 1.82) is 0 Å². The van der Waals surface area contributed by atoms with Crippen LogP contribution in [0.3, 0.4) is 0 Å². The van der Waals surface area contributed by atoms with E-state index in [9.17, 15) is 163 Å². The van der Waals surface area contributed by atoms with Crippen molar-refractivity contribution in [3.05, 3.63) is 0 Å². The van der Waals surface area contributed by atoms with Gasteiger partial charge in [0.25, 0.3) is 0 Å². The van der Waals surface area contributed by atoms with Crippen LogP contribution in [0.25, 0.3) is 0 Å². The van der Waals surface area contributed by atoms with Gasteiger partial charge in [0.1, 0.15) is 23.9 Å².